The zero-order valence-electron chi connectivity index (χ0n) is 34.7. The van der Waals surface area contributed by atoms with Gasteiger partial charge in [-0.05, 0) is 87.7 Å². The summed E-state index contributed by atoms with van der Waals surface area (Å²) in [5.41, 5.74) is 17.5. The maximum absolute atomic E-state index is 6.54. The smallest absolute Gasteiger partial charge is 0.164 e. The number of aromatic nitrogens is 4. The Morgan fingerprint density at radius 2 is 0.938 bits per heavy atom. The standard InChI is InChI=1S/C59H38N4O/c1-5-16-37(17-6-1)51-34-43(35-52(60-51)38-18-7-2-8-19-38)59-36-50(59)45-30-28-41(32-47(45)44-24-13-14-26-49(44)59)42-29-31-53-48(33-42)55-46(25-15-27-54(55)64-53)58-62-56(39-20-9-3-10-21-39)61-57(63-58)40-22-11-4-12-23-40/h1-35,50H,36H2. The Morgan fingerprint density at radius 1 is 0.391 bits per heavy atom. The summed E-state index contributed by atoms with van der Waals surface area (Å²) in [5.74, 6) is 2.21. The second-order valence-corrected chi connectivity index (χ2v) is 17.0. The molecule has 300 valence electrons. The van der Waals surface area contributed by atoms with E-state index in [1.165, 1.54) is 27.8 Å². The van der Waals surface area contributed by atoms with E-state index in [1.807, 2.05) is 72.8 Å². The zero-order valence-corrected chi connectivity index (χ0v) is 34.7. The summed E-state index contributed by atoms with van der Waals surface area (Å²) in [6, 6.07) is 74.9. The molecule has 3 heterocycles. The normalized spacial score (nSPS) is 16.0. The molecule has 11 aromatic rings. The maximum Gasteiger partial charge on any atom is 0.164 e. The van der Waals surface area contributed by atoms with Crippen LogP contribution in [0.1, 0.15) is 29.0 Å². The lowest BCUT2D eigenvalue weighted by molar-refractivity contribution is 0.669. The van der Waals surface area contributed by atoms with Crippen molar-refractivity contribution in [1.82, 2.24) is 19.9 Å². The van der Waals surface area contributed by atoms with Gasteiger partial charge in [0.1, 0.15) is 11.2 Å². The third-order valence-corrected chi connectivity index (χ3v) is 13.3. The summed E-state index contributed by atoms with van der Waals surface area (Å²) in [6.07, 6.45) is 1.05. The SMILES string of the molecule is c1ccc(-c2cc(C34CC3c3ccc(-c5ccc6oc7cccc(-c8nc(-c9ccccc9)nc(-c9ccccc9)n8)c7c6c5)cc3-c3ccccc34)cc(-c3ccccc3)n2)cc1. The molecule has 8 aromatic carbocycles. The minimum Gasteiger partial charge on any atom is -0.456 e. The van der Waals surface area contributed by atoms with Gasteiger partial charge in [-0.15, -0.1) is 0 Å². The molecule has 0 amide bonds. The molecule has 0 saturated heterocycles. The highest BCUT2D eigenvalue weighted by atomic mass is 16.3. The molecular weight excluding hydrogens is 781 g/mol. The molecule has 64 heavy (non-hydrogen) atoms. The van der Waals surface area contributed by atoms with Crippen LogP contribution in [0.15, 0.2) is 217 Å². The van der Waals surface area contributed by atoms with Crippen molar-refractivity contribution in [3.63, 3.8) is 0 Å². The molecule has 0 radical (unpaired) electrons. The van der Waals surface area contributed by atoms with Gasteiger partial charge in [0.2, 0.25) is 0 Å². The van der Waals surface area contributed by atoms with E-state index in [0.29, 0.717) is 23.4 Å². The second kappa shape index (κ2) is 14.4. The third-order valence-electron chi connectivity index (χ3n) is 13.3. The topological polar surface area (TPSA) is 64.7 Å². The Morgan fingerprint density at radius 3 is 1.59 bits per heavy atom. The van der Waals surface area contributed by atoms with Crippen LogP contribution in [0, 0.1) is 0 Å². The predicted octanol–water partition coefficient (Wildman–Crippen LogP) is 14.6. The molecule has 1 saturated carbocycles. The number of rotatable bonds is 7. The lowest BCUT2D eigenvalue weighted by Crippen LogP contribution is -2.18. The van der Waals surface area contributed by atoms with E-state index in [1.54, 1.807) is 0 Å². The van der Waals surface area contributed by atoms with Crippen LogP contribution in [0.5, 0.6) is 0 Å². The van der Waals surface area contributed by atoms with Crippen LogP contribution in [0.2, 0.25) is 0 Å². The molecule has 0 bridgehead atoms. The molecule has 13 rings (SSSR count). The molecule has 5 nitrogen and oxygen atoms in total. The van der Waals surface area contributed by atoms with Gasteiger partial charge in [-0.3, -0.25) is 0 Å². The highest BCUT2D eigenvalue weighted by molar-refractivity contribution is 6.13. The highest BCUT2D eigenvalue weighted by Crippen LogP contribution is 2.70. The Bertz CT molecular complexity index is 3470. The Hall–Kier alpha value is -8.28. The molecular formula is C59H38N4O. The van der Waals surface area contributed by atoms with Gasteiger partial charge in [0.25, 0.3) is 0 Å². The van der Waals surface area contributed by atoms with E-state index in [4.69, 9.17) is 24.4 Å². The van der Waals surface area contributed by atoms with Crippen molar-refractivity contribution >= 4 is 21.9 Å². The number of hydrogen-bond acceptors (Lipinski definition) is 5. The molecule has 2 aliphatic carbocycles. The lowest BCUT2D eigenvalue weighted by Gasteiger charge is -2.29. The van der Waals surface area contributed by atoms with Crippen LogP contribution in [-0.2, 0) is 5.41 Å². The van der Waals surface area contributed by atoms with Crippen molar-refractivity contribution < 1.29 is 4.42 Å². The highest BCUT2D eigenvalue weighted by Gasteiger charge is 2.60. The van der Waals surface area contributed by atoms with Crippen molar-refractivity contribution in [2.24, 2.45) is 0 Å². The van der Waals surface area contributed by atoms with E-state index in [-0.39, 0.29) is 5.41 Å². The lowest BCUT2D eigenvalue weighted by atomic mass is 9.74. The quantitative estimate of drug-likeness (QED) is 0.160. The zero-order chi connectivity index (χ0) is 42.2. The average Bonchev–Trinajstić information content (AvgIpc) is 4.05. The van der Waals surface area contributed by atoms with E-state index in [2.05, 4.69) is 140 Å². The van der Waals surface area contributed by atoms with Gasteiger partial charge in [0.15, 0.2) is 17.5 Å². The third kappa shape index (κ3) is 5.85. The fourth-order valence-corrected chi connectivity index (χ4v) is 10.2. The molecule has 0 aliphatic heterocycles. The Kier molecular flexibility index (Phi) is 8.19. The average molecular weight is 819 g/mol. The number of pyridine rings is 1. The summed E-state index contributed by atoms with van der Waals surface area (Å²) < 4.78 is 6.54. The molecule has 1 fully saturated rings. The Labute approximate surface area is 370 Å². The van der Waals surface area contributed by atoms with Gasteiger partial charge in [0.05, 0.1) is 11.4 Å². The number of benzene rings is 8. The minimum atomic E-state index is -0.137. The van der Waals surface area contributed by atoms with Crippen LogP contribution in [-0.4, -0.2) is 19.9 Å². The number of nitrogens with zero attached hydrogens (tertiary/aromatic N) is 4. The molecule has 2 aliphatic rings. The number of furan rings is 1. The number of hydrogen-bond donors (Lipinski definition) is 0. The van der Waals surface area contributed by atoms with Crippen molar-refractivity contribution in [1.29, 1.82) is 0 Å². The molecule has 5 heteroatoms. The molecule has 2 atom stereocenters. The first-order chi connectivity index (χ1) is 31.7. The van der Waals surface area contributed by atoms with Gasteiger partial charge < -0.3 is 4.42 Å². The first-order valence-electron chi connectivity index (χ1n) is 21.9. The second-order valence-electron chi connectivity index (χ2n) is 17.0. The van der Waals surface area contributed by atoms with Crippen molar-refractivity contribution in [2.75, 3.05) is 0 Å². The van der Waals surface area contributed by atoms with E-state index in [9.17, 15) is 0 Å². The maximum atomic E-state index is 6.54. The first kappa shape index (κ1) is 36.4. The van der Waals surface area contributed by atoms with Gasteiger partial charge in [-0.2, -0.15) is 0 Å². The van der Waals surface area contributed by atoms with Crippen LogP contribution >= 0.6 is 0 Å². The first-order valence-corrected chi connectivity index (χ1v) is 21.9. The number of fused-ring (bicyclic) bond motifs is 9. The molecule has 0 N–H and O–H groups in total. The molecule has 2 unspecified atom stereocenters. The fourth-order valence-electron chi connectivity index (χ4n) is 10.2. The van der Waals surface area contributed by atoms with Gasteiger partial charge in [-0.1, -0.05) is 176 Å². The summed E-state index contributed by atoms with van der Waals surface area (Å²) in [5, 5.41) is 2.00. The van der Waals surface area contributed by atoms with E-state index in [0.717, 1.165) is 78.7 Å². The van der Waals surface area contributed by atoms with Crippen LogP contribution in [0.3, 0.4) is 0 Å². The predicted molar refractivity (Wildman–Crippen MR) is 258 cm³/mol. The van der Waals surface area contributed by atoms with E-state index < -0.39 is 0 Å². The summed E-state index contributed by atoms with van der Waals surface area (Å²) in [4.78, 5) is 20.4. The van der Waals surface area contributed by atoms with Crippen LogP contribution < -0.4 is 0 Å². The largest absolute Gasteiger partial charge is 0.456 e. The van der Waals surface area contributed by atoms with Gasteiger partial charge >= 0.3 is 0 Å². The minimum absolute atomic E-state index is 0.137. The van der Waals surface area contributed by atoms with Crippen LogP contribution in [0.25, 0.3) is 101 Å². The van der Waals surface area contributed by atoms with Crippen molar-refractivity contribution in [2.45, 2.75) is 17.8 Å². The van der Waals surface area contributed by atoms with Crippen molar-refractivity contribution in [3.05, 3.63) is 229 Å². The summed E-state index contributed by atoms with van der Waals surface area (Å²) >= 11 is 0. The van der Waals surface area contributed by atoms with E-state index >= 15 is 0 Å². The van der Waals surface area contributed by atoms with Gasteiger partial charge in [0, 0.05) is 44.0 Å². The summed E-state index contributed by atoms with van der Waals surface area (Å²) in [7, 11) is 0. The monoisotopic (exact) mass is 818 g/mol. The van der Waals surface area contributed by atoms with Crippen molar-refractivity contribution in [3.8, 4) is 78.9 Å². The molecule has 0 spiro atoms. The molecule has 3 aromatic heterocycles. The van der Waals surface area contributed by atoms with Crippen LogP contribution in [0.4, 0.5) is 0 Å². The fraction of sp³-hybridized carbons (Fsp3) is 0.0508. The summed E-state index contributed by atoms with van der Waals surface area (Å²) in [6.45, 7) is 0. The van der Waals surface area contributed by atoms with Gasteiger partial charge in [-0.25, -0.2) is 19.9 Å². The Balaban J connectivity index is 0.928.